The molecule has 1 atom stereocenters. The standard InChI is InChI=1S/C15H22N4O2/c1-11-8-16-9-14(17-11)19-5-2-12(10-19)15(20)18-13-3-6-21-7-4-13/h8-9,12-13H,2-7,10H2,1H3,(H,18,20). The minimum absolute atomic E-state index is 0.0511. The second-order valence-corrected chi connectivity index (χ2v) is 5.85. The molecule has 0 saturated carbocycles. The van der Waals surface area contributed by atoms with Crippen molar-refractivity contribution in [1.29, 1.82) is 0 Å². The SMILES string of the molecule is Cc1cncc(N2CCC(C(=O)NC3CCOCC3)C2)n1. The molecule has 1 N–H and O–H groups in total. The van der Waals surface area contributed by atoms with Crippen LogP contribution in [0.5, 0.6) is 0 Å². The molecule has 2 fully saturated rings. The van der Waals surface area contributed by atoms with E-state index in [1.165, 1.54) is 0 Å². The van der Waals surface area contributed by atoms with Crippen LogP contribution in [0.2, 0.25) is 0 Å². The number of nitrogens with zero attached hydrogens (tertiary/aromatic N) is 3. The fraction of sp³-hybridized carbons (Fsp3) is 0.667. The van der Waals surface area contributed by atoms with Gasteiger partial charge in [-0.1, -0.05) is 0 Å². The highest BCUT2D eigenvalue weighted by Crippen LogP contribution is 2.22. The smallest absolute Gasteiger partial charge is 0.225 e. The molecule has 1 amide bonds. The van der Waals surface area contributed by atoms with Crippen molar-refractivity contribution < 1.29 is 9.53 Å². The molecule has 6 nitrogen and oxygen atoms in total. The van der Waals surface area contributed by atoms with Crippen molar-refractivity contribution in [1.82, 2.24) is 15.3 Å². The first-order chi connectivity index (χ1) is 10.2. The van der Waals surface area contributed by atoms with Crippen molar-refractivity contribution in [3.8, 4) is 0 Å². The minimum Gasteiger partial charge on any atom is -0.381 e. The van der Waals surface area contributed by atoms with E-state index in [4.69, 9.17) is 4.74 Å². The van der Waals surface area contributed by atoms with Crippen LogP contribution < -0.4 is 10.2 Å². The average molecular weight is 290 g/mol. The zero-order valence-electron chi connectivity index (χ0n) is 12.4. The third-order valence-corrected chi connectivity index (χ3v) is 4.19. The Morgan fingerprint density at radius 3 is 2.90 bits per heavy atom. The number of rotatable bonds is 3. The average Bonchev–Trinajstić information content (AvgIpc) is 2.98. The summed E-state index contributed by atoms with van der Waals surface area (Å²) in [6.07, 6.45) is 6.24. The van der Waals surface area contributed by atoms with E-state index in [9.17, 15) is 4.79 Å². The molecule has 114 valence electrons. The van der Waals surface area contributed by atoms with Crippen molar-refractivity contribution in [3.63, 3.8) is 0 Å². The van der Waals surface area contributed by atoms with Gasteiger partial charge in [0.15, 0.2) is 0 Å². The van der Waals surface area contributed by atoms with E-state index in [1.54, 1.807) is 12.4 Å². The zero-order valence-corrected chi connectivity index (χ0v) is 12.4. The van der Waals surface area contributed by atoms with Gasteiger partial charge in [0.2, 0.25) is 5.91 Å². The van der Waals surface area contributed by atoms with Gasteiger partial charge in [-0.25, -0.2) is 4.98 Å². The van der Waals surface area contributed by atoms with E-state index in [2.05, 4.69) is 20.2 Å². The molecule has 1 aromatic rings. The van der Waals surface area contributed by atoms with E-state index in [-0.39, 0.29) is 17.9 Å². The lowest BCUT2D eigenvalue weighted by molar-refractivity contribution is -0.125. The first-order valence-corrected chi connectivity index (χ1v) is 7.64. The van der Waals surface area contributed by atoms with Crippen LogP contribution in [0.15, 0.2) is 12.4 Å². The zero-order chi connectivity index (χ0) is 14.7. The molecule has 0 spiro atoms. The summed E-state index contributed by atoms with van der Waals surface area (Å²) in [5, 5.41) is 3.16. The summed E-state index contributed by atoms with van der Waals surface area (Å²) in [4.78, 5) is 23.1. The number of hydrogen-bond donors (Lipinski definition) is 1. The van der Waals surface area contributed by atoms with Crippen molar-refractivity contribution in [2.45, 2.75) is 32.2 Å². The van der Waals surface area contributed by atoms with Crippen molar-refractivity contribution >= 4 is 11.7 Å². The lowest BCUT2D eigenvalue weighted by atomic mass is 10.1. The Labute approximate surface area is 124 Å². The van der Waals surface area contributed by atoms with Gasteiger partial charge in [-0.05, 0) is 26.2 Å². The van der Waals surface area contributed by atoms with E-state index < -0.39 is 0 Å². The summed E-state index contributed by atoms with van der Waals surface area (Å²) in [6.45, 7) is 5.03. The summed E-state index contributed by atoms with van der Waals surface area (Å²) < 4.78 is 5.32. The molecule has 0 radical (unpaired) electrons. The van der Waals surface area contributed by atoms with Gasteiger partial charge >= 0.3 is 0 Å². The lowest BCUT2D eigenvalue weighted by Gasteiger charge is -2.24. The highest BCUT2D eigenvalue weighted by atomic mass is 16.5. The van der Waals surface area contributed by atoms with Gasteiger partial charge in [-0.3, -0.25) is 9.78 Å². The molecule has 0 aromatic carbocycles. The van der Waals surface area contributed by atoms with E-state index in [0.29, 0.717) is 0 Å². The predicted molar refractivity (Wildman–Crippen MR) is 79.1 cm³/mol. The molecule has 1 aromatic heterocycles. The van der Waals surface area contributed by atoms with Crippen LogP contribution in [0.25, 0.3) is 0 Å². The first kappa shape index (κ1) is 14.3. The Morgan fingerprint density at radius 2 is 2.14 bits per heavy atom. The molecule has 0 aliphatic carbocycles. The Bertz CT molecular complexity index is 502. The van der Waals surface area contributed by atoms with Crippen molar-refractivity contribution in [2.75, 3.05) is 31.2 Å². The van der Waals surface area contributed by atoms with Crippen LogP contribution in [-0.4, -0.2) is 48.2 Å². The normalized spacial score (nSPS) is 23.3. The maximum Gasteiger partial charge on any atom is 0.225 e. The summed E-state index contributed by atoms with van der Waals surface area (Å²) in [5.41, 5.74) is 0.905. The van der Waals surface area contributed by atoms with Crippen molar-refractivity contribution in [3.05, 3.63) is 18.1 Å². The number of aromatic nitrogens is 2. The number of ether oxygens (including phenoxy) is 1. The van der Waals surface area contributed by atoms with Gasteiger partial charge in [0.05, 0.1) is 17.8 Å². The third-order valence-electron chi connectivity index (χ3n) is 4.19. The Kier molecular flexibility index (Phi) is 4.34. The maximum absolute atomic E-state index is 12.3. The molecule has 1 unspecified atom stereocenters. The number of carbonyl (C=O) groups is 1. The van der Waals surface area contributed by atoms with Gasteiger partial charge in [0, 0.05) is 38.5 Å². The molecular formula is C15H22N4O2. The van der Waals surface area contributed by atoms with Gasteiger partial charge in [-0.15, -0.1) is 0 Å². The highest BCUT2D eigenvalue weighted by molar-refractivity contribution is 5.80. The van der Waals surface area contributed by atoms with Crippen LogP contribution in [0.1, 0.15) is 25.0 Å². The second kappa shape index (κ2) is 6.39. The second-order valence-electron chi connectivity index (χ2n) is 5.85. The summed E-state index contributed by atoms with van der Waals surface area (Å²) in [5.74, 6) is 1.09. The van der Waals surface area contributed by atoms with Crippen LogP contribution in [0.3, 0.4) is 0 Å². The summed E-state index contributed by atoms with van der Waals surface area (Å²) >= 11 is 0. The molecule has 2 aliphatic heterocycles. The van der Waals surface area contributed by atoms with Crippen LogP contribution in [0.4, 0.5) is 5.82 Å². The minimum atomic E-state index is 0.0511. The Morgan fingerprint density at radius 1 is 1.33 bits per heavy atom. The summed E-state index contributed by atoms with van der Waals surface area (Å²) in [6, 6.07) is 0.277. The van der Waals surface area contributed by atoms with Crippen LogP contribution in [-0.2, 0) is 9.53 Å². The molecule has 21 heavy (non-hydrogen) atoms. The van der Waals surface area contributed by atoms with Crippen LogP contribution >= 0.6 is 0 Å². The number of nitrogens with one attached hydrogen (secondary N) is 1. The molecule has 6 heteroatoms. The van der Waals surface area contributed by atoms with Gasteiger partial charge in [0.25, 0.3) is 0 Å². The van der Waals surface area contributed by atoms with Gasteiger partial charge in [0.1, 0.15) is 5.82 Å². The van der Waals surface area contributed by atoms with Crippen LogP contribution in [0, 0.1) is 12.8 Å². The number of carbonyl (C=O) groups excluding carboxylic acids is 1. The third kappa shape index (κ3) is 3.50. The molecule has 3 rings (SSSR count). The predicted octanol–water partition coefficient (Wildman–Crippen LogP) is 0.907. The molecule has 2 saturated heterocycles. The van der Waals surface area contributed by atoms with Gasteiger partial charge in [-0.2, -0.15) is 0 Å². The summed E-state index contributed by atoms with van der Waals surface area (Å²) in [7, 11) is 0. The monoisotopic (exact) mass is 290 g/mol. The highest BCUT2D eigenvalue weighted by Gasteiger charge is 2.30. The van der Waals surface area contributed by atoms with Gasteiger partial charge < -0.3 is 15.0 Å². The number of aryl methyl sites for hydroxylation is 1. The fourth-order valence-corrected chi connectivity index (χ4v) is 2.95. The molecule has 0 bridgehead atoms. The van der Waals surface area contributed by atoms with E-state index in [1.807, 2.05) is 6.92 Å². The molecule has 3 heterocycles. The molecule has 2 aliphatic rings. The van der Waals surface area contributed by atoms with E-state index >= 15 is 0 Å². The quantitative estimate of drug-likeness (QED) is 0.896. The fourth-order valence-electron chi connectivity index (χ4n) is 2.95. The largest absolute Gasteiger partial charge is 0.381 e. The lowest BCUT2D eigenvalue weighted by Crippen LogP contribution is -2.42. The number of anilines is 1. The Hall–Kier alpha value is -1.69. The number of hydrogen-bond acceptors (Lipinski definition) is 5. The number of amides is 1. The maximum atomic E-state index is 12.3. The first-order valence-electron chi connectivity index (χ1n) is 7.64. The Balaban J connectivity index is 1.55. The van der Waals surface area contributed by atoms with Crippen molar-refractivity contribution in [2.24, 2.45) is 5.92 Å². The molecular weight excluding hydrogens is 268 g/mol. The van der Waals surface area contributed by atoms with E-state index in [0.717, 1.165) is 57.1 Å². The topological polar surface area (TPSA) is 67.4 Å².